The van der Waals surface area contributed by atoms with Crippen molar-refractivity contribution in [2.45, 2.75) is 19.4 Å². The summed E-state index contributed by atoms with van der Waals surface area (Å²) in [6.45, 7) is 4.92. The number of nitrogens with zero attached hydrogens (tertiary/aromatic N) is 1. The van der Waals surface area contributed by atoms with Gasteiger partial charge in [0.2, 0.25) is 5.96 Å². The maximum atomic E-state index is 5.11. The minimum Gasteiger partial charge on any atom is -0.349 e. The van der Waals surface area contributed by atoms with Gasteiger partial charge in [-0.2, -0.15) is 0 Å². The molecule has 0 spiro atoms. The smallest absolute Gasteiger partial charge is 0.206 e. The van der Waals surface area contributed by atoms with Crippen molar-refractivity contribution >= 4 is 5.96 Å². The van der Waals surface area contributed by atoms with Gasteiger partial charge in [-0.25, -0.2) is 10.8 Å². The standard InChI is InChI=1S/C5H12N4/c1-5(2)3-7-4(8-5)9-6/h3,6H2,1-2H3,(H2,7,8,9). The fourth-order valence-electron chi connectivity index (χ4n) is 0.758. The first-order valence-electron chi connectivity index (χ1n) is 2.93. The van der Waals surface area contributed by atoms with Crippen LogP contribution in [-0.4, -0.2) is 18.0 Å². The van der Waals surface area contributed by atoms with Gasteiger partial charge < -0.3 is 5.32 Å². The molecule has 9 heavy (non-hydrogen) atoms. The SMILES string of the molecule is CC1(C)CN=C(NN)N1. The van der Waals surface area contributed by atoms with Crippen molar-refractivity contribution in [1.82, 2.24) is 10.7 Å². The zero-order valence-electron chi connectivity index (χ0n) is 5.73. The zero-order chi connectivity index (χ0) is 6.91. The number of rotatable bonds is 0. The summed E-state index contributed by atoms with van der Waals surface area (Å²) in [7, 11) is 0. The monoisotopic (exact) mass is 128 g/mol. The average molecular weight is 128 g/mol. The van der Waals surface area contributed by atoms with Crippen molar-refractivity contribution in [3.63, 3.8) is 0 Å². The predicted molar refractivity (Wildman–Crippen MR) is 36.8 cm³/mol. The minimum atomic E-state index is 0.0711. The normalized spacial score (nSPS) is 22.8. The first-order valence-corrected chi connectivity index (χ1v) is 2.93. The molecule has 0 aromatic rings. The van der Waals surface area contributed by atoms with Crippen molar-refractivity contribution in [2.75, 3.05) is 6.54 Å². The van der Waals surface area contributed by atoms with Gasteiger partial charge >= 0.3 is 0 Å². The molecule has 0 bridgehead atoms. The topological polar surface area (TPSA) is 62.4 Å². The number of nitrogens with two attached hydrogens (primary N) is 1. The van der Waals surface area contributed by atoms with Gasteiger partial charge in [-0.3, -0.25) is 5.43 Å². The Labute approximate surface area is 54.5 Å². The van der Waals surface area contributed by atoms with Crippen LogP contribution in [-0.2, 0) is 0 Å². The first-order chi connectivity index (χ1) is 4.14. The summed E-state index contributed by atoms with van der Waals surface area (Å²) in [4.78, 5) is 4.08. The van der Waals surface area contributed by atoms with E-state index in [9.17, 15) is 0 Å². The molecule has 0 aromatic carbocycles. The van der Waals surface area contributed by atoms with Crippen LogP contribution in [0.5, 0.6) is 0 Å². The Hall–Kier alpha value is -0.770. The zero-order valence-corrected chi connectivity index (χ0v) is 5.73. The third-order valence-corrected chi connectivity index (χ3v) is 1.23. The Morgan fingerprint density at radius 1 is 1.78 bits per heavy atom. The van der Waals surface area contributed by atoms with E-state index in [0.29, 0.717) is 5.96 Å². The van der Waals surface area contributed by atoms with E-state index >= 15 is 0 Å². The Kier molecular flexibility index (Phi) is 1.32. The Balaban J connectivity index is 2.50. The number of hydrogen-bond acceptors (Lipinski definition) is 4. The summed E-state index contributed by atoms with van der Waals surface area (Å²) in [5.74, 6) is 5.79. The van der Waals surface area contributed by atoms with Gasteiger partial charge in [0, 0.05) is 0 Å². The number of aliphatic imine (C=N–C) groups is 1. The van der Waals surface area contributed by atoms with Gasteiger partial charge in [-0.15, -0.1) is 0 Å². The highest BCUT2D eigenvalue weighted by atomic mass is 15.4. The van der Waals surface area contributed by atoms with Crippen LogP contribution in [0.2, 0.25) is 0 Å². The van der Waals surface area contributed by atoms with Crippen LogP contribution < -0.4 is 16.6 Å². The summed E-state index contributed by atoms with van der Waals surface area (Å²) in [5.41, 5.74) is 2.53. The van der Waals surface area contributed by atoms with E-state index in [1.54, 1.807) is 0 Å². The maximum Gasteiger partial charge on any atom is 0.206 e. The van der Waals surface area contributed by atoms with Crippen LogP contribution >= 0.6 is 0 Å². The van der Waals surface area contributed by atoms with Crippen molar-refractivity contribution in [2.24, 2.45) is 10.8 Å². The number of hydrazine groups is 1. The van der Waals surface area contributed by atoms with Gasteiger partial charge in [-0.1, -0.05) is 0 Å². The second-order valence-corrected chi connectivity index (χ2v) is 2.82. The molecule has 4 N–H and O–H groups in total. The van der Waals surface area contributed by atoms with E-state index in [0.717, 1.165) is 6.54 Å². The van der Waals surface area contributed by atoms with E-state index < -0.39 is 0 Å². The summed E-state index contributed by atoms with van der Waals surface area (Å²) in [6, 6.07) is 0. The van der Waals surface area contributed by atoms with Crippen LogP contribution in [0.1, 0.15) is 13.8 Å². The van der Waals surface area contributed by atoms with Gasteiger partial charge in [0.15, 0.2) is 0 Å². The molecule has 0 saturated heterocycles. The summed E-state index contributed by atoms with van der Waals surface area (Å²) < 4.78 is 0. The van der Waals surface area contributed by atoms with E-state index in [2.05, 4.69) is 29.6 Å². The molecule has 1 heterocycles. The molecular formula is C5H12N4. The van der Waals surface area contributed by atoms with Crippen molar-refractivity contribution < 1.29 is 0 Å². The molecule has 4 heteroatoms. The molecule has 0 radical (unpaired) electrons. The molecule has 0 fully saturated rings. The lowest BCUT2D eigenvalue weighted by Crippen LogP contribution is -2.47. The Bertz CT molecular complexity index is 138. The summed E-state index contributed by atoms with van der Waals surface area (Å²) in [6.07, 6.45) is 0. The highest BCUT2D eigenvalue weighted by Crippen LogP contribution is 2.06. The van der Waals surface area contributed by atoms with Gasteiger partial charge in [-0.05, 0) is 13.8 Å². The average Bonchev–Trinajstić information content (AvgIpc) is 2.10. The van der Waals surface area contributed by atoms with Crippen LogP contribution in [0, 0.1) is 0 Å². The molecule has 0 unspecified atom stereocenters. The van der Waals surface area contributed by atoms with E-state index in [1.165, 1.54) is 0 Å². The lowest BCUT2D eigenvalue weighted by atomic mass is 10.1. The van der Waals surface area contributed by atoms with E-state index in [4.69, 9.17) is 5.84 Å². The second kappa shape index (κ2) is 1.88. The summed E-state index contributed by atoms with van der Waals surface area (Å²) in [5, 5.41) is 3.09. The maximum absolute atomic E-state index is 5.11. The molecule has 4 nitrogen and oxygen atoms in total. The van der Waals surface area contributed by atoms with E-state index in [1.807, 2.05) is 0 Å². The molecular weight excluding hydrogens is 116 g/mol. The van der Waals surface area contributed by atoms with Crippen molar-refractivity contribution in [3.8, 4) is 0 Å². The molecule has 0 amide bonds. The largest absolute Gasteiger partial charge is 0.349 e. The molecule has 0 aromatic heterocycles. The predicted octanol–water partition coefficient (Wildman–Crippen LogP) is -0.812. The highest BCUT2D eigenvalue weighted by Gasteiger charge is 2.23. The lowest BCUT2D eigenvalue weighted by Gasteiger charge is -2.17. The minimum absolute atomic E-state index is 0.0711. The quantitative estimate of drug-likeness (QED) is 0.295. The van der Waals surface area contributed by atoms with Crippen LogP contribution in [0.25, 0.3) is 0 Å². The first kappa shape index (κ1) is 6.35. The van der Waals surface area contributed by atoms with Crippen LogP contribution in [0.3, 0.4) is 0 Å². The summed E-state index contributed by atoms with van der Waals surface area (Å²) >= 11 is 0. The molecule has 1 rings (SSSR count). The Morgan fingerprint density at radius 2 is 2.44 bits per heavy atom. The van der Waals surface area contributed by atoms with Crippen molar-refractivity contribution in [1.29, 1.82) is 0 Å². The number of guanidine groups is 1. The lowest BCUT2D eigenvalue weighted by molar-refractivity contribution is 0.502. The Morgan fingerprint density at radius 3 is 2.67 bits per heavy atom. The van der Waals surface area contributed by atoms with Gasteiger partial charge in [0.25, 0.3) is 0 Å². The third kappa shape index (κ3) is 1.32. The third-order valence-electron chi connectivity index (χ3n) is 1.23. The van der Waals surface area contributed by atoms with Crippen molar-refractivity contribution in [3.05, 3.63) is 0 Å². The molecule has 1 aliphatic rings. The van der Waals surface area contributed by atoms with Crippen LogP contribution in [0.15, 0.2) is 4.99 Å². The molecule has 0 atom stereocenters. The molecule has 52 valence electrons. The fraction of sp³-hybridized carbons (Fsp3) is 0.800. The number of hydrogen-bond donors (Lipinski definition) is 3. The van der Waals surface area contributed by atoms with E-state index in [-0.39, 0.29) is 5.54 Å². The van der Waals surface area contributed by atoms with Gasteiger partial charge in [0.1, 0.15) is 0 Å². The fourth-order valence-corrected chi connectivity index (χ4v) is 0.758. The van der Waals surface area contributed by atoms with Gasteiger partial charge in [0.05, 0.1) is 12.1 Å². The molecule has 0 aliphatic carbocycles. The molecule has 0 saturated carbocycles. The van der Waals surface area contributed by atoms with Crippen LogP contribution in [0.4, 0.5) is 0 Å². The number of nitrogens with one attached hydrogen (secondary N) is 2. The second-order valence-electron chi connectivity index (χ2n) is 2.82. The molecule has 1 aliphatic heterocycles. The highest BCUT2D eigenvalue weighted by molar-refractivity contribution is 5.81.